The first kappa shape index (κ1) is 20.9. The first-order valence-electron chi connectivity index (χ1n) is 8.42. The molecule has 1 rings (SSSR count). The molecule has 0 unspecified atom stereocenters. The number of carbonyl (C=O) groups is 2. The third-order valence-corrected chi connectivity index (χ3v) is 8.27. The van der Waals surface area contributed by atoms with E-state index >= 15 is 0 Å². The van der Waals surface area contributed by atoms with Crippen molar-refractivity contribution < 1.29 is 19.1 Å². The van der Waals surface area contributed by atoms with Crippen molar-refractivity contribution in [2.24, 2.45) is 0 Å². The van der Waals surface area contributed by atoms with Gasteiger partial charge in [0, 0.05) is 12.0 Å². The summed E-state index contributed by atoms with van der Waals surface area (Å²) in [6.07, 6.45) is 3.83. The highest BCUT2D eigenvalue weighted by atomic mass is 28.3. The summed E-state index contributed by atoms with van der Waals surface area (Å²) >= 11 is 0. The topological polar surface area (TPSA) is 52.6 Å². The first-order valence-corrected chi connectivity index (χ1v) is 11.4. The second-order valence-electron chi connectivity index (χ2n) is 6.36. The number of carbonyl (C=O) groups excluding carboxylic acids is 2. The lowest BCUT2D eigenvalue weighted by molar-refractivity contribution is -0.140. The lowest BCUT2D eigenvalue weighted by Gasteiger charge is -2.29. The van der Waals surface area contributed by atoms with E-state index in [-0.39, 0.29) is 11.9 Å². The molecule has 5 heteroatoms. The van der Waals surface area contributed by atoms with E-state index in [1.54, 1.807) is 6.08 Å². The molecular weight excluding hydrogens is 332 g/mol. The number of hydrogen-bond acceptors (Lipinski definition) is 4. The van der Waals surface area contributed by atoms with E-state index < -0.39 is 8.07 Å². The normalized spacial score (nSPS) is 12.2. The van der Waals surface area contributed by atoms with Crippen LogP contribution in [-0.2, 0) is 19.1 Å². The van der Waals surface area contributed by atoms with Crippen molar-refractivity contribution in [1.82, 2.24) is 0 Å². The molecule has 1 aromatic rings. The van der Waals surface area contributed by atoms with Crippen molar-refractivity contribution in [2.45, 2.75) is 38.8 Å². The molecule has 136 valence electrons. The Labute approximate surface area is 151 Å². The van der Waals surface area contributed by atoms with Crippen LogP contribution < -0.4 is 5.19 Å². The summed E-state index contributed by atoms with van der Waals surface area (Å²) in [5.74, 6) is -0.550. The average molecular weight is 361 g/mol. The van der Waals surface area contributed by atoms with Gasteiger partial charge in [0.1, 0.15) is 8.07 Å². The fraction of sp³-hybridized carbons (Fsp3) is 0.400. The number of methoxy groups -OCH3 is 2. The fourth-order valence-corrected chi connectivity index (χ4v) is 6.11. The summed E-state index contributed by atoms with van der Waals surface area (Å²) in [6.45, 7) is 8.22. The van der Waals surface area contributed by atoms with Crippen molar-refractivity contribution in [2.75, 3.05) is 14.2 Å². The monoisotopic (exact) mass is 360 g/mol. The van der Waals surface area contributed by atoms with Crippen LogP contribution in [0.1, 0.15) is 25.7 Å². The lowest BCUT2D eigenvalue weighted by Crippen LogP contribution is -2.45. The molecule has 0 saturated heterocycles. The van der Waals surface area contributed by atoms with E-state index in [4.69, 9.17) is 9.47 Å². The number of esters is 2. The predicted molar refractivity (Wildman–Crippen MR) is 103 cm³/mol. The van der Waals surface area contributed by atoms with Gasteiger partial charge < -0.3 is 9.47 Å². The standard InChI is InChI=1S/C20H28O4Si/c1-6-11-17(20(22)24-3)18(14-10-15-19(21)23-2)25(4,5)16-12-8-7-9-13-16/h6-9,12-13H,1,10-11,14-15H2,2-5H3/b18-17+. The van der Waals surface area contributed by atoms with Gasteiger partial charge in [-0.3, -0.25) is 4.79 Å². The minimum Gasteiger partial charge on any atom is -0.469 e. The second-order valence-corrected chi connectivity index (χ2v) is 10.8. The Bertz CT molecular complexity index is 632. The number of allylic oxidation sites excluding steroid dienone is 2. The van der Waals surface area contributed by atoms with Crippen LogP contribution >= 0.6 is 0 Å². The Hall–Kier alpha value is -2.14. The van der Waals surface area contributed by atoms with Gasteiger partial charge in [-0.2, -0.15) is 0 Å². The van der Waals surface area contributed by atoms with E-state index in [1.165, 1.54) is 19.4 Å². The molecule has 0 bridgehead atoms. The molecule has 25 heavy (non-hydrogen) atoms. The summed E-state index contributed by atoms with van der Waals surface area (Å²) in [4.78, 5) is 23.8. The zero-order valence-electron chi connectivity index (χ0n) is 15.6. The molecule has 0 N–H and O–H groups in total. The molecule has 0 radical (unpaired) electrons. The molecule has 0 fully saturated rings. The molecule has 0 amide bonds. The van der Waals surface area contributed by atoms with E-state index in [9.17, 15) is 9.59 Å². The minimum absolute atomic E-state index is 0.234. The molecule has 0 aliphatic heterocycles. The molecule has 0 aromatic heterocycles. The molecule has 0 spiro atoms. The molecule has 1 aromatic carbocycles. The van der Waals surface area contributed by atoms with E-state index in [1.807, 2.05) is 18.2 Å². The van der Waals surface area contributed by atoms with Gasteiger partial charge in [-0.15, -0.1) is 6.58 Å². The number of rotatable bonds is 9. The van der Waals surface area contributed by atoms with Gasteiger partial charge in [0.25, 0.3) is 0 Å². The van der Waals surface area contributed by atoms with Crippen molar-refractivity contribution in [1.29, 1.82) is 0 Å². The lowest BCUT2D eigenvalue weighted by atomic mass is 10.1. The molecular formula is C20H28O4Si. The summed E-state index contributed by atoms with van der Waals surface area (Å²) in [6, 6.07) is 10.2. The van der Waals surface area contributed by atoms with Gasteiger partial charge in [-0.1, -0.05) is 59.9 Å². The highest BCUT2D eigenvalue weighted by molar-refractivity contribution is 6.96. The number of ether oxygens (including phenoxy) is 2. The highest BCUT2D eigenvalue weighted by Gasteiger charge is 2.32. The van der Waals surface area contributed by atoms with Crippen molar-refractivity contribution >= 4 is 25.2 Å². The Morgan fingerprint density at radius 3 is 2.24 bits per heavy atom. The molecule has 0 saturated carbocycles. The van der Waals surface area contributed by atoms with Gasteiger partial charge in [0.2, 0.25) is 0 Å². The van der Waals surface area contributed by atoms with Crippen molar-refractivity contribution in [3.63, 3.8) is 0 Å². The van der Waals surface area contributed by atoms with Crippen molar-refractivity contribution in [3.8, 4) is 0 Å². The maximum Gasteiger partial charge on any atom is 0.333 e. The molecule has 0 aliphatic carbocycles. The van der Waals surface area contributed by atoms with Gasteiger partial charge in [-0.25, -0.2) is 4.79 Å². The van der Waals surface area contributed by atoms with Gasteiger partial charge in [0.05, 0.1) is 14.2 Å². The Morgan fingerprint density at radius 1 is 1.08 bits per heavy atom. The molecule has 4 nitrogen and oxygen atoms in total. The maximum absolute atomic E-state index is 12.4. The van der Waals surface area contributed by atoms with Crippen LogP contribution in [0.15, 0.2) is 53.8 Å². The third-order valence-electron chi connectivity index (χ3n) is 4.43. The van der Waals surface area contributed by atoms with E-state index in [0.29, 0.717) is 31.3 Å². The molecule has 0 heterocycles. The maximum atomic E-state index is 12.4. The predicted octanol–water partition coefficient (Wildman–Crippen LogP) is 3.53. The van der Waals surface area contributed by atoms with Crippen LogP contribution in [-0.4, -0.2) is 34.2 Å². The van der Waals surface area contributed by atoms with E-state index in [0.717, 1.165) is 5.20 Å². The number of benzene rings is 1. The summed E-state index contributed by atoms with van der Waals surface area (Å²) in [7, 11) is 0.694. The smallest absolute Gasteiger partial charge is 0.333 e. The van der Waals surface area contributed by atoms with Crippen molar-refractivity contribution in [3.05, 3.63) is 53.8 Å². The SMILES string of the molecule is C=CC/C(C(=O)OC)=C(/CCCC(=O)OC)[Si](C)(C)c1ccccc1. The largest absolute Gasteiger partial charge is 0.469 e. The van der Waals surface area contributed by atoms with Gasteiger partial charge in [0.15, 0.2) is 0 Å². The first-order chi connectivity index (χ1) is 11.9. The highest BCUT2D eigenvalue weighted by Crippen LogP contribution is 2.27. The Kier molecular flexibility index (Phi) is 8.35. The van der Waals surface area contributed by atoms with E-state index in [2.05, 4.69) is 31.8 Å². The molecule has 0 aliphatic rings. The van der Waals surface area contributed by atoms with Crippen LogP contribution in [0.2, 0.25) is 13.1 Å². The van der Waals surface area contributed by atoms with Crippen LogP contribution in [0.3, 0.4) is 0 Å². The zero-order chi connectivity index (χ0) is 18.9. The molecule has 0 atom stereocenters. The third kappa shape index (κ3) is 5.71. The van der Waals surface area contributed by atoms with Gasteiger partial charge in [-0.05, 0) is 19.3 Å². The van der Waals surface area contributed by atoms with Crippen LogP contribution in [0.25, 0.3) is 0 Å². The van der Waals surface area contributed by atoms with Crippen LogP contribution in [0, 0.1) is 0 Å². The van der Waals surface area contributed by atoms with Crippen LogP contribution in [0.5, 0.6) is 0 Å². The Balaban J connectivity index is 3.32. The minimum atomic E-state index is -2.09. The van der Waals surface area contributed by atoms with Crippen LogP contribution in [0.4, 0.5) is 0 Å². The Morgan fingerprint density at radius 2 is 1.72 bits per heavy atom. The van der Waals surface area contributed by atoms with Gasteiger partial charge >= 0.3 is 11.9 Å². The second kappa shape index (κ2) is 9.99. The quantitative estimate of drug-likeness (QED) is 0.293. The average Bonchev–Trinajstić information content (AvgIpc) is 2.63. The summed E-state index contributed by atoms with van der Waals surface area (Å²) < 4.78 is 9.74. The summed E-state index contributed by atoms with van der Waals surface area (Å²) in [5.41, 5.74) is 0.669. The zero-order valence-corrected chi connectivity index (χ0v) is 16.6. The summed E-state index contributed by atoms with van der Waals surface area (Å²) in [5, 5.41) is 2.35. The fourth-order valence-electron chi connectivity index (χ4n) is 2.98. The number of hydrogen-bond donors (Lipinski definition) is 0.